The Balaban J connectivity index is 1.41. The van der Waals surface area contributed by atoms with Crippen molar-refractivity contribution in [2.75, 3.05) is 18.9 Å². The zero-order valence-corrected chi connectivity index (χ0v) is 26.7. The van der Waals surface area contributed by atoms with E-state index in [9.17, 15) is 19.8 Å². The van der Waals surface area contributed by atoms with Gasteiger partial charge >= 0.3 is 0 Å². The molecule has 5 N–H and O–H groups in total. The summed E-state index contributed by atoms with van der Waals surface area (Å²) < 4.78 is 13.0. The maximum Gasteiger partial charge on any atom is 0.243 e. The first-order chi connectivity index (χ1) is 22.3. The molecule has 2 amide bonds. The minimum atomic E-state index is -0.683. The van der Waals surface area contributed by atoms with E-state index in [0.717, 1.165) is 35.1 Å². The van der Waals surface area contributed by atoms with Crippen LogP contribution < -0.4 is 10.8 Å². The Labute approximate surface area is 271 Å². The molecule has 46 heavy (non-hydrogen) atoms. The predicted molar refractivity (Wildman–Crippen MR) is 175 cm³/mol. The summed E-state index contributed by atoms with van der Waals surface area (Å²) in [5.74, 6) is -0.493. The van der Waals surface area contributed by atoms with Crippen molar-refractivity contribution in [3.05, 3.63) is 101 Å². The number of amides is 2. The Hall–Kier alpha value is -3.64. The lowest BCUT2D eigenvalue weighted by atomic mass is 9.98. The molecule has 0 unspecified atom stereocenters. The van der Waals surface area contributed by atoms with Crippen molar-refractivity contribution in [2.24, 2.45) is 0 Å². The van der Waals surface area contributed by atoms with E-state index in [1.54, 1.807) is 5.48 Å². The molecule has 10 heteroatoms. The monoisotopic (exact) mass is 633 g/mol. The summed E-state index contributed by atoms with van der Waals surface area (Å²) in [5, 5.41) is 32.1. The molecule has 0 bridgehead atoms. The molecule has 3 aromatic carbocycles. The van der Waals surface area contributed by atoms with Crippen LogP contribution in [0.4, 0.5) is 5.69 Å². The van der Waals surface area contributed by atoms with Gasteiger partial charge in [-0.05, 0) is 55.6 Å². The van der Waals surface area contributed by atoms with Crippen molar-refractivity contribution in [1.82, 2.24) is 10.4 Å². The van der Waals surface area contributed by atoms with Gasteiger partial charge in [0.05, 0.1) is 24.9 Å². The Kier molecular flexibility index (Phi) is 13.7. The van der Waals surface area contributed by atoms with Crippen molar-refractivity contribution < 1.29 is 34.5 Å². The van der Waals surface area contributed by atoms with Gasteiger partial charge < -0.3 is 25.0 Å². The fourth-order valence-corrected chi connectivity index (χ4v) is 5.66. The normalized spacial score (nSPS) is 19.4. The van der Waals surface area contributed by atoms with Crippen LogP contribution in [0.25, 0.3) is 0 Å². The van der Waals surface area contributed by atoms with Gasteiger partial charge in [0, 0.05) is 43.1 Å². The van der Waals surface area contributed by atoms with E-state index < -0.39 is 18.3 Å². The number of anilines is 1. The van der Waals surface area contributed by atoms with Gasteiger partial charge in [0.25, 0.3) is 0 Å². The van der Waals surface area contributed by atoms with Crippen LogP contribution >= 0.6 is 0 Å². The SMILES string of the molecule is C[C@@H]([C@H](O)c1ccccc1)N(C)C[C@@H]1C[C@H](c2ccc(CO)cc2)O[C@H](c2cccc(NC(=O)CCCCCCC(=O)NO)c2)O1. The lowest BCUT2D eigenvalue weighted by Crippen LogP contribution is -2.43. The van der Waals surface area contributed by atoms with Gasteiger partial charge in [0.2, 0.25) is 11.8 Å². The number of unbranched alkanes of at least 4 members (excludes halogenated alkanes) is 3. The number of aliphatic hydroxyl groups excluding tert-OH is 2. The zero-order valence-electron chi connectivity index (χ0n) is 26.7. The van der Waals surface area contributed by atoms with Crippen molar-refractivity contribution in [3.8, 4) is 0 Å². The van der Waals surface area contributed by atoms with Crippen molar-refractivity contribution in [3.63, 3.8) is 0 Å². The second kappa shape index (κ2) is 17.9. The molecule has 1 heterocycles. The quantitative estimate of drug-likeness (QED) is 0.0785. The molecule has 0 radical (unpaired) electrons. The smallest absolute Gasteiger partial charge is 0.243 e. The Morgan fingerprint density at radius 1 is 0.891 bits per heavy atom. The summed E-state index contributed by atoms with van der Waals surface area (Å²) in [5.41, 5.74) is 5.73. The number of ether oxygens (including phenoxy) is 2. The summed E-state index contributed by atoms with van der Waals surface area (Å²) >= 11 is 0. The highest BCUT2D eigenvalue weighted by Crippen LogP contribution is 2.39. The first-order valence-corrected chi connectivity index (χ1v) is 16.0. The van der Waals surface area contributed by atoms with Crippen LogP contribution in [0.5, 0.6) is 0 Å². The summed E-state index contributed by atoms with van der Waals surface area (Å²) in [6, 6.07) is 24.7. The third-order valence-electron chi connectivity index (χ3n) is 8.52. The molecule has 10 nitrogen and oxygen atoms in total. The number of hydrogen-bond donors (Lipinski definition) is 5. The lowest BCUT2D eigenvalue weighted by Gasteiger charge is -2.39. The molecule has 0 aromatic heterocycles. The van der Waals surface area contributed by atoms with E-state index in [2.05, 4.69) is 10.2 Å². The number of aliphatic hydroxyl groups is 2. The van der Waals surface area contributed by atoms with Gasteiger partial charge in [0.1, 0.15) is 0 Å². The fraction of sp³-hybridized carbons (Fsp3) is 0.444. The van der Waals surface area contributed by atoms with Gasteiger partial charge in [0.15, 0.2) is 6.29 Å². The van der Waals surface area contributed by atoms with E-state index in [1.807, 2.05) is 92.8 Å². The number of nitrogens with zero attached hydrogens (tertiary/aromatic N) is 1. The van der Waals surface area contributed by atoms with E-state index in [1.165, 1.54) is 0 Å². The minimum Gasteiger partial charge on any atom is -0.392 e. The van der Waals surface area contributed by atoms with Crippen LogP contribution in [0.2, 0.25) is 0 Å². The van der Waals surface area contributed by atoms with E-state index in [-0.39, 0.29) is 37.2 Å². The Bertz CT molecular complexity index is 1370. The maximum atomic E-state index is 12.7. The van der Waals surface area contributed by atoms with Crippen LogP contribution in [0.15, 0.2) is 78.9 Å². The molecule has 0 saturated carbocycles. The van der Waals surface area contributed by atoms with Crippen LogP contribution in [0.3, 0.4) is 0 Å². The Morgan fingerprint density at radius 2 is 1.59 bits per heavy atom. The van der Waals surface area contributed by atoms with Gasteiger partial charge in [-0.15, -0.1) is 0 Å². The summed E-state index contributed by atoms with van der Waals surface area (Å²) in [4.78, 5) is 25.9. The zero-order chi connectivity index (χ0) is 32.9. The van der Waals surface area contributed by atoms with Crippen LogP contribution in [0.1, 0.15) is 92.6 Å². The lowest BCUT2D eigenvalue weighted by molar-refractivity contribution is -0.253. The third-order valence-corrected chi connectivity index (χ3v) is 8.52. The van der Waals surface area contributed by atoms with Crippen molar-refractivity contribution >= 4 is 17.5 Å². The van der Waals surface area contributed by atoms with E-state index in [4.69, 9.17) is 14.7 Å². The maximum absolute atomic E-state index is 12.7. The number of hydrogen-bond acceptors (Lipinski definition) is 8. The largest absolute Gasteiger partial charge is 0.392 e. The number of hydroxylamine groups is 1. The average molecular weight is 634 g/mol. The molecule has 1 saturated heterocycles. The average Bonchev–Trinajstić information content (AvgIpc) is 3.09. The van der Waals surface area contributed by atoms with E-state index in [0.29, 0.717) is 37.9 Å². The van der Waals surface area contributed by atoms with Crippen LogP contribution in [-0.2, 0) is 25.7 Å². The van der Waals surface area contributed by atoms with Gasteiger partial charge in [-0.25, -0.2) is 5.48 Å². The van der Waals surface area contributed by atoms with Gasteiger partial charge in [-0.2, -0.15) is 0 Å². The number of carbonyl (C=O) groups excluding carboxylic acids is 2. The molecule has 5 atom stereocenters. The molecule has 1 fully saturated rings. The topological polar surface area (TPSA) is 141 Å². The highest BCUT2D eigenvalue weighted by Gasteiger charge is 2.34. The molecule has 4 rings (SSSR count). The number of nitrogens with one attached hydrogen (secondary N) is 2. The minimum absolute atomic E-state index is 0.0333. The summed E-state index contributed by atoms with van der Waals surface area (Å²) in [6.45, 7) is 2.53. The van der Waals surface area contributed by atoms with Gasteiger partial charge in [-0.1, -0.05) is 79.6 Å². The molecule has 1 aliphatic heterocycles. The highest BCUT2D eigenvalue weighted by atomic mass is 16.7. The number of benzene rings is 3. The molecular weight excluding hydrogens is 586 g/mol. The Morgan fingerprint density at radius 3 is 2.26 bits per heavy atom. The summed E-state index contributed by atoms with van der Waals surface area (Å²) in [6.07, 6.45) is 2.39. The van der Waals surface area contributed by atoms with Gasteiger partial charge in [-0.3, -0.25) is 19.7 Å². The molecule has 0 spiro atoms. The third kappa shape index (κ3) is 10.4. The first kappa shape index (κ1) is 35.2. The first-order valence-electron chi connectivity index (χ1n) is 16.0. The number of rotatable bonds is 16. The molecule has 3 aromatic rings. The highest BCUT2D eigenvalue weighted by molar-refractivity contribution is 5.90. The number of carbonyl (C=O) groups is 2. The standard InChI is InChI=1S/C36H47N3O7/c1-25(35(43)28-11-6-5-7-12-28)39(2)23-31-22-32(27-19-17-26(24-40)18-20-27)46-36(45-31)29-13-10-14-30(21-29)37-33(41)15-8-3-4-9-16-34(42)38-44/h5-7,10-14,17-21,25,31-32,35-36,40,43-44H,3-4,8-9,15-16,22-24H2,1-2H3,(H,37,41)(H,38,42)/t25-,31-,32+,35-,36+/m0/s1. The fourth-order valence-electron chi connectivity index (χ4n) is 5.66. The van der Waals surface area contributed by atoms with Crippen LogP contribution in [-0.4, -0.2) is 57.9 Å². The molecular formula is C36H47N3O7. The van der Waals surface area contributed by atoms with E-state index >= 15 is 0 Å². The second-order valence-electron chi connectivity index (χ2n) is 12.0. The second-order valence-corrected chi connectivity index (χ2v) is 12.0. The van der Waals surface area contributed by atoms with Crippen molar-refractivity contribution in [2.45, 2.75) is 89.1 Å². The predicted octanol–water partition coefficient (Wildman–Crippen LogP) is 5.56. The molecule has 0 aliphatic carbocycles. The molecule has 248 valence electrons. The molecule has 1 aliphatic rings. The number of likely N-dealkylation sites (N-methyl/N-ethyl adjacent to an activating group) is 1. The van der Waals surface area contributed by atoms with Crippen molar-refractivity contribution in [1.29, 1.82) is 0 Å². The van der Waals surface area contributed by atoms with Crippen LogP contribution in [0, 0.1) is 0 Å². The summed E-state index contributed by atoms with van der Waals surface area (Å²) in [7, 11) is 1.98.